The molecule has 0 spiro atoms. The van der Waals surface area contributed by atoms with Gasteiger partial charge in [0.05, 0.1) is 11.6 Å². The molecule has 1 amide bonds. The van der Waals surface area contributed by atoms with Crippen LogP contribution >= 0.6 is 0 Å². The summed E-state index contributed by atoms with van der Waals surface area (Å²) >= 11 is 0. The molecule has 2 atom stereocenters. The predicted molar refractivity (Wildman–Crippen MR) is 80.0 cm³/mol. The van der Waals surface area contributed by atoms with Crippen LogP contribution in [0.1, 0.15) is 41.8 Å². The van der Waals surface area contributed by atoms with Gasteiger partial charge < -0.3 is 15.7 Å². The van der Waals surface area contributed by atoms with Crippen molar-refractivity contribution in [2.24, 2.45) is 11.7 Å². The number of nitrogens with zero attached hydrogens (tertiary/aromatic N) is 1. The summed E-state index contributed by atoms with van der Waals surface area (Å²) in [6.07, 6.45) is 1.43. The van der Waals surface area contributed by atoms with Crippen LogP contribution in [-0.4, -0.2) is 34.5 Å². The van der Waals surface area contributed by atoms with Gasteiger partial charge in [-0.15, -0.1) is 0 Å². The predicted octanol–water partition coefficient (Wildman–Crippen LogP) is 1.64. The Hall–Kier alpha value is -1.88. The first-order valence-electron chi connectivity index (χ1n) is 7.34. The van der Waals surface area contributed by atoms with Crippen molar-refractivity contribution in [1.29, 1.82) is 0 Å². The molecule has 5 nitrogen and oxygen atoms in total. The standard InChI is InChI=1S/C16H22N2O3/c1-3-10(2)14(17)15(19)18-8-7-12-11(9-18)5-4-6-13(12)16(20)21/h4-6,10,14H,3,7-9,17H2,1-2H3,(H,20,21)/t10-,14-/m0/s1. The molecule has 114 valence electrons. The Labute approximate surface area is 124 Å². The number of benzene rings is 1. The topological polar surface area (TPSA) is 83.6 Å². The zero-order valence-corrected chi connectivity index (χ0v) is 12.5. The number of carboxylic acid groups (broad SMARTS) is 1. The van der Waals surface area contributed by atoms with Crippen molar-refractivity contribution in [3.63, 3.8) is 0 Å². The Bertz CT molecular complexity index is 556. The second-order valence-corrected chi connectivity index (χ2v) is 5.67. The molecule has 3 N–H and O–H groups in total. The summed E-state index contributed by atoms with van der Waals surface area (Å²) in [6, 6.07) is 4.74. The van der Waals surface area contributed by atoms with Crippen LogP contribution in [0.2, 0.25) is 0 Å². The lowest BCUT2D eigenvalue weighted by atomic mass is 9.93. The number of rotatable bonds is 4. The minimum Gasteiger partial charge on any atom is -0.478 e. The lowest BCUT2D eigenvalue weighted by Gasteiger charge is -2.32. The van der Waals surface area contributed by atoms with Gasteiger partial charge in [-0.3, -0.25) is 4.79 Å². The Balaban J connectivity index is 2.18. The Morgan fingerprint density at radius 3 is 2.76 bits per heavy atom. The van der Waals surface area contributed by atoms with E-state index in [0.717, 1.165) is 17.5 Å². The second kappa shape index (κ2) is 6.26. The lowest BCUT2D eigenvalue weighted by Crippen LogP contribution is -2.48. The van der Waals surface area contributed by atoms with Crippen molar-refractivity contribution in [1.82, 2.24) is 4.90 Å². The van der Waals surface area contributed by atoms with E-state index in [9.17, 15) is 14.7 Å². The van der Waals surface area contributed by atoms with Crippen LogP contribution in [0.4, 0.5) is 0 Å². The summed E-state index contributed by atoms with van der Waals surface area (Å²) in [6.45, 7) is 4.96. The van der Waals surface area contributed by atoms with Crippen molar-refractivity contribution < 1.29 is 14.7 Å². The van der Waals surface area contributed by atoms with Crippen molar-refractivity contribution in [3.8, 4) is 0 Å². The van der Waals surface area contributed by atoms with E-state index in [1.54, 1.807) is 17.0 Å². The van der Waals surface area contributed by atoms with Crippen LogP contribution in [0.5, 0.6) is 0 Å². The molecule has 1 aromatic rings. The minimum absolute atomic E-state index is 0.0456. The molecule has 0 radical (unpaired) electrons. The molecule has 0 fully saturated rings. The monoisotopic (exact) mass is 290 g/mol. The van der Waals surface area contributed by atoms with Crippen LogP contribution in [0.3, 0.4) is 0 Å². The van der Waals surface area contributed by atoms with E-state index in [1.807, 2.05) is 19.9 Å². The third kappa shape index (κ3) is 3.08. The summed E-state index contributed by atoms with van der Waals surface area (Å²) in [5.41, 5.74) is 8.10. The van der Waals surface area contributed by atoms with E-state index in [-0.39, 0.29) is 11.8 Å². The van der Waals surface area contributed by atoms with E-state index < -0.39 is 12.0 Å². The largest absolute Gasteiger partial charge is 0.478 e. The van der Waals surface area contributed by atoms with Crippen molar-refractivity contribution in [2.75, 3.05) is 6.54 Å². The molecule has 1 aliphatic rings. The Morgan fingerprint density at radius 2 is 2.14 bits per heavy atom. The second-order valence-electron chi connectivity index (χ2n) is 5.67. The van der Waals surface area contributed by atoms with Gasteiger partial charge in [0, 0.05) is 13.1 Å². The zero-order chi connectivity index (χ0) is 15.6. The van der Waals surface area contributed by atoms with Gasteiger partial charge in [-0.1, -0.05) is 32.4 Å². The highest BCUT2D eigenvalue weighted by Gasteiger charge is 2.29. The fraction of sp³-hybridized carbons (Fsp3) is 0.500. The molecule has 0 aliphatic carbocycles. The van der Waals surface area contributed by atoms with Crippen LogP contribution < -0.4 is 5.73 Å². The average Bonchev–Trinajstić information content (AvgIpc) is 2.51. The summed E-state index contributed by atoms with van der Waals surface area (Å²) in [7, 11) is 0. The number of fused-ring (bicyclic) bond motifs is 1. The van der Waals surface area contributed by atoms with Crippen molar-refractivity contribution >= 4 is 11.9 Å². The highest BCUT2D eigenvalue weighted by molar-refractivity contribution is 5.90. The van der Waals surface area contributed by atoms with Gasteiger partial charge in [0.25, 0.3) is 0 Å². The number of aromatic carboxylic acids is 1. The first kappa shape index (κ1) is 15.5. The summed E-state index contributed by atoms with van der Waals surface area (Å²) in [4.78, 5) is 25.4. The maximum absolute atomic E-state index is 12.4. The maximum atomic E-state index is 12.4. The molecule has 1 aromatic carbocycles. The lowest BCUT2D eigenvalue weighted by molar-refractivity contribution is -0.134. The molecule has 1 aliphatic heterocycles. The van der Waals surface area contributed by atoms with E-state index >= 15 is 0 Å². The van der Waals surface area contributed by atoms with Crippen LogP contribution in [0.25, 0.3) is 0 Å². The van der Waals surface area contributed by atoms with E-state index in [1.165, 1.54) is 0 Å². The fourth-order valence-electron chi connectivity index (χ4n) is 2.71. The molecule has 21 heavy (non-hydrogen) atoms. The van der Waals surface area contributed by atoms with E-state index in [2.05, 4.69) is 0 Å². The van der Waals surface area contributed by atoms with Crippen LogP contribution in [-0.2, 0) is 17.8 Å². The number of carboxylic acids is 1. The Kier molecular flexibility index (Phi) is 4.63. The average molecular weight is 290 g/mol. The number of nitrogens with two attached hydrogens (primary N) is 1. The highest BCUT2D eigenvalue weighted by Crippen LogP contribution is 2.23. The first-order valence-corrected chi connectivity index (χ1v) is 7.34. The van der Waals surface area contributed by atoms with Gasteiger partial charge in [-0.05, 0) is 29.5 Å². The van der Waals surface area contributed by atoms with Crippen molar-refractivity contribution in [2.45, 2.75) is 39.3 Å². The van der Waals surface area contributed by atoms with Gasteiger partial charge in [0.2, 0.25) is 5.91 Å². The molecule has 0 saturated heterocycles. The zero-order valence-electron chi connectivity index (χ0n) is 12.5. The molecular weight excluding hydrogens is 268 g/mol. The summed E-state index contributed by atoms with van der Waals surface area (Å²) in [5, 5.41) is 9.21. The minimum atomic E-state index is -0.914. The molecule has 0 unspecified atom stereocenters. The quantitative estimate of drug-likeness (QED) is 0.883. The van der Waals surface area contributed by atoms with Crippen LogP contribution in [0.15, 0.2) is 18.2 Å². The molecule has 2 rings (SSSR count). The molecule has 0 saturated carbocycles. The van der Waals surface area contributed by atoms with E-state index in [4.69, 9.17) is 5.73 Å². The number of carbonyl (C=O) groups excluding carboxylic acids is 1. The third-order valence-electron chi connectivity index (χ3n) is 4.35. The molecule has 0 bridgehead atoms. The maximum Gasteiger partial charge on any atom is 0.335 e. The van der Waals surface area contributed by atoms with Crippen LogP contribution in [0, 0.1) is 5.92 Å². The highest BCUT2D eigenvalue weighted by atomic mass is 16.4. The fourth-order valence-corrected chi connectivity index (χ4v) is 2.71. The van der Waals surface area contributed by atoms with Crippen molar-refractivity contribution in [3.05, 3.63) is 34.9 Å². The number of carbonyl (C=O) groups is 2. The summed E-state index contributed by atoms with van der Waals surface area (Å²) in [5.74, 6) is -0.817. The number of amides is 1. The smallest absolute Gasteiger partial charge is 0.335 e. The normalized spacial score (nSPS) is 17.0. The van der Waals surface area contributed by atoms with E-state index in [0.29, 0.717) is 25.1 Å². The number of hydrogen-bond donors (Lipinski definition) is 2. The molecule has 5 heteroatoms. The van der Waals surface area contributed by atoms with Gasteiger partial charge >= 0.3 is 5.97 Å². The third-order valence-corrected chi connectivity index (χ3v) is 4.35. The molecule has 1 heterocycles. The summed E-state index contributed by atoms with van der Waals surface area (Å²) < 4.78 is 0. The number of hydrogen-bond acceptors (Lipinski definition) is 3. The van der Waals surface area contributed by atoms with Gasteiger partial charge in [-0.2, -0.15) is 0 Å². The SMILES string of the molecule is CC[C@H](C)[C@H](N)C(=O)N1CCc2c(cccc2C(=O)O)C1. The Morgan fingerprint density at radius 1 is 1.43 bits per heavy atom. The first-order chi connectivity index (χ1) is 9.95. The van der Waals surface area contributed by atoms with Gasteiger partial charge in [0.1, 0.15) is 0 Å². The van der Waals surface area contributed by atoms with Gasteiger partial charge in [-0.25, -0.2) is 4.79 Å². The van der Waals surface area contributed by atoms with Gasteiger partial charge in [0.15, 0.2) is 0 Å². The molecule has 0 aromatic heterocycles. The molecular formula is C16H22N2O3.